The molecule has 1 aromatic rings. The molecule has 4 nitrogen and oxygen atoms in total. The average molecular weight is 130 g/mol. The van der Waals surface area contributed by atoms with Gasteiger partial charge in [0.1, 0.15) is 6.33 Å². The molecule has 5 heteroatoms. The monoisotopic (exact) mass is 130 g/mol. The minimum absolute atomic E-state index is 0. The molecule has 10 heavy (non-hydrogen) atoms. The van der Waals surface area contributed by atoms with Crippen molar-refractivity contribution in [2.24, 2.45) is 0 Å². The Labute approximate surface area is 69.5 Å². The summed E-state index contributed by atoms with van der Waals surface area (Å²) in [5, 5.41) is 10.00. The molecule has 1 rings (SSSR count). The Bertz CT molecular complexity index is 214. The van der Waals surface area contributed by atoms with Gasteiger partial charge in [-0.2, -0.15) is 0 Å². The molecule has 0 aliphatic heterocycles. The largest absolute Gasteiger partial charge is 1.00 e. The molecule has 0 aliphatic carbocycles. The number of aromatic carboxylic acids is 1. The van der Waals surface area contributed by atoms with Gasteiger partial charge in [-0.05, 0) is 6.07 Å². The first kappa shape index (κ1) is 9.15. The van der Waals surface area contributed by atoms with Gasteiger partial charge < -0.3 is 9.90 Å². The number of hydrogen-bond acceptors (Lipinski definition) is 4. The zero-order chi connectivity index (χ0) is 6.69. The van der Waals surface area contributed by atoms with E-state index in [4.69, 9.17) is 0 Å². The van der Waals surface area contributed by atoms with E-state index < -0.39 is 5.97 Å². The van der Waals surface area contributed by atoms with Crippen molar-refractivity contribution in [1.29, 1.82) is 0 Å². The molecule has 1 heterocycles. The van der Waals surface area contributed by atoms with E-state index in [1.54, 1.807) is 0 Å². The van der Waals surface area contributed by atoms with Crippen molar-refractivity contribution in [1.82, 2.24) is 9.97 Å². The van der Waals surface area contributed by atoms with Crippen LogP contribution >= 0.6 is 0 Å². The van der Waals surface area contributed by atoms with E-state index in [1.165, 1.54) is 12.3 Å². The molecular weight excluding hydrogens is 127 g/mol. The van der Waals surface area contributed by atoms with Gasteiger partial charge in [-0.1, -0.05) is 0 Å². The Morgan fingerprint density at radius 2 is 2.30 bits per heavy atom. The Morgan fingerprint density at radius 3 is 2.60 bits per heavy atom. The Hall–Kier alpha value is -0.853. The zero-order valence-corrected chi connectivity index (χ0v) is 5.44. The maximum atomic E-state index is 10.00. The Balaban J connectivity index is 0.000000810. The molecule has 0 bridgehead atoms. The van der Waals surface area contributed by atoms with Gasteiger partial charge in [0.25, 0.3) is 0 Å². The SMILES string of the molecule is O=C([O-])c1ccncn1.[Li+]. The second-order valence-electron chi connectivity index (χ2n) is 1.38. The molecular formula is C5H3LiN2O2. The summed E-state index contributed by atoms with van der Waals surface area (Å²) < 4.78 is 0. The minimum Gasteiger partial charge on any atom is -0.543 e. The van der Waals surface area contributed by atoms with Gasteiger partial charge in [-0.15, -0.1) is 0 Å². The summed E-state index contributed by atoms with van der Waals surface area (Å²) >= 11 is 0. The van der Waals surface area contributed by atoms with Gasteiger partial charge in [0.15, 0.2) is 0 Å². The number of nitrogens with zero attached hydrogens (tertiary/aromatic N) is 2. The summed E-state index contributed by atoms with van der Waals surface area (Å²) in [5.74, 6) is -1.28. The van der Waals surface area contributed by atoms with E-state index in [1.807, 2.05) is 0 Å². The number of carbonyl (C=O) groups is 1. The van der Waals surface area contributed by atoms with Crippen molar-refractivity contribution in [2.75, 3.05) is 0 Å². The molecule has 46 valence electrons. The van der Waals surface area contributed by atoms with Gasteiger partial charge >= 0.3 is 18.9 Å². The van der Waals surface area contributed by atoms with Gasteiger partial charge in [0, 0.05) is 6.20 Å². The van der Waals surface area contributed by atoms with E-state index in [-0.39, 0.29) is 24.6 Å². The normalized spacial score (nSPS) is 8.00. The summed E-state index contributed by atoms with van der Waals surface area (Å²) in [6.07, 6.45) is 2.50. The summed E-state index contributed by atoms with van der Waals surface area (Å²) in [7, 11) is 0. The van der Waals surface area contributed by atoms with Crippen LogP contribution in [0.3, 0.4) is 0 Å². The molecule has 0 saturated heterocycles. The maximum Gasteiger partial charge on any atom is 1.00 e. The van der Waals surface area contributed by atoms with Crippen molar-refractivity contribution in [3.63, 3.8) is 0 Å². The van der Waals surface area contributed by atoms with Crippen molar-refractivity contribution < 1.29 is 28.8 Å². The van der Waals surface area contributed by atoms with Crippen molar-refractivity contribution >= 4 is 5.97 Å². The van der Waals surface area contributed by atoms with Gasteiger partial charge in [-0.25, -0.2) is 9.97 Å². The summed E-state index contributed by atoms with van der Waals surface area (Å²) in [5.41, 5.74) is -0.0926. The molecule has 0 aliphatic rings. The number of aromatic nitrogens is 2. The van der Waals surface area contributed by atoms with Gasteiger partial charge in [0.2, 0.25) is 0 Å². The molecule has 0 saturated carbocycles. The maximum absolute atomic E-state index is 10.00. The van der Waals surface area contributed by atoms with Crippen LogP contribution in [0.5, 0.6) is 0 Å². The van der Waals surface area contributed by atoms with Gasteiger partial charge in [-0.3, -0.25) is 0 Å². The molecule has 0 spiro atoms. The van der Waals surface area contributed by atoms with Crippen LogP contribution in [0.2, 0.25) is 0 Å². The molecule has 0 fully saturated rings. The van der Waals surface area contributed by atoms with Crippen LogP contribution in [0, 0.1) is 0 Å². The van der Waals surface area contributed by atoms with Crippen molar-refractivity contribution in [3.8, 4) is 0 Å². The number of carbonyl (C=O) groups excluding carboxylic acids is 1. The zero-order valence-electron chi connectivity index (χ0n) is 5.44. The fourth-order valence-electron chi connectivity index (χ4n) is 0.411. The van der Waals surface area contributed by atoms with Crippen molar-refractivity contribution in [2.45, 2.75) is 0 Å². The fourth-order valence-corrected chi connectivity index (χ4v) is 0.411. The third kappa shape index (κ3) is 2.17. The van der Waals surface area contributed by atoms with Crippen LogP contribution in [0.15, 0.2) is 18.6 Å². The first-order valence-corrected chi connectivity index (χ1v) is 2.28. The molecule has 0 unspecified atom stereocenters. The van der Waals surface area contributed by atoms with Crippen LogP contribution in [0.1, 0.15) is 10.5 Å². The summed E-state index contributed by atoms with van der Waals surface area (Å²) in [6.45, 7) is 0. The number of hydrogen-bond donors (Lipinski definition) is 0. The second-order valence-corrected chi connectivity index (χ2v) is 1.38. The summed E-state index contributed by atoms with van der Waals surface area (Å²) in [4.78, 5) is 16.9. The predicted octanol–water partition coefficient (Wildman–Crippen LogP) is -4.16. The van der Waals surface area contributed by atoms with Crippen LogP contribution in [-0.2, 0) is 0 Å². The van der Waals surface area contributed by atoms with E-state index in [0.717, 1.165) is 6.33 Å². The number of carboxylic acid groups (broad SMARTS) is 1. The standard InChI is InChI=1S/C5H4N2O2.Li/c8-5(9)4-1-2-6-3-7-4;/h1-3H,(H,8,9);/q;+1/p-1. The Morgan fingerprint density at radius 1 is 1.60 bits per heavy atom. The molecule has 0 amide bonds. The molecule has 0 N–H and O–H groups in total. The van der Waals surface area contributed by atoms with Crippen LogP contribution in [-0.4, -0.2) is 15.9 Å². The first-order chi connectivity index (χ1) is 4.30. The minimum atomic E-state index is -1.28. The third-order valence-corrected chi connectivity index (χ3v) is 0.791. The fraction of sp³-hybridized carbons (Fsp3) is 0. The van der Waals surface area contributed by atoms with Crippen LogP contribution < -0.4 is 24.0 Å². The van der Waals surface area contributed by atoms with E-state index >= 15 is 0 Å². The summed E-state index contributed by atoms with van der Waals surface area (Å²) in [6, 6.07) is 1.27. The van der Waals surface area contributed by atoms with Crippen LogP contribution in [0.25, 0.3) is 0 Å². The quantitative estimate of drug-likeness (QED) is 0.362. The Kier molecular flexibility index (Phi) is 3.70. The molecule has 0 aromatic carbocycles. The molecule has 0 radical (unpaired) electrons. The van der Waals surface area contributed by atoms with E-state index in [0.29, 0.717) is 0 Å². The smallest absolute Gasteiger partial charge is 0.543 e. The topological polar surface area (TPSA) is 65.9 Å². The molecule has 0 atom stereocenters. The molecule has 1 aromatic heterocycles. The van der Waals surface area contributed by atoms with Crippen molar-refractivity contribution in [3.05, 3.63) is 24.3 Å². The number of rotatable bonds is 1. The van der Waals surface area contributed by atoms with Gasteiger partial charge in [0.05, 0.1) is 11.7 Å². The first-order valence-electron chi connectivity index (χ1n) is 2.28. The van der Waals surface area contributed by atoms with E-state index in [2.05, 4.69) is 9.97 Å². The van der Waals surface area contributed by atoms with Crippen LogP contribution in [0.4, 0.5) is 0 Å². The third-order valence-electron chi connectivity index (χ3n) is 0.791. The number of carboxylic acids is 1. The predicted molar refractivity (Wildman–Crippen MR) is 26.4 cm³/mol. The average Bonchev–Trinajstić information content (AvgIpc) is 1.90. The second kappa shape index (κ2) is 4.04. The van der Waals surface area contributed by atoms with E-state index in [9.17, 15) is 9.90 Å².